The van der Waals surface area contributed by atoms with E-state index in [0.29, 0.717) is 17.6 Å². The summed E-state index contributed by atoms with van der Waals surface area (Å²) in [7, 11) is 0. The summed E-state index contributed by atoms with van der Waals surface area (Å²) >= 11 is 3.22. The van der Waals surface area contributed by atoms with E-state index >= 15 is 0 Å². The van der Waals surface area contributed by atoms with E-state index in [1.54, 1.807) is 0 Å². The first-order valence-corrected chi connectivity index (χ1v) is 6.13. The third-order valence-corrected chi connectivity index (χ3v) is 2.58. The van der Waals surface area contributed by atoms with Crippen LogP contribution in [0.3, 0.4) is 0 Å². The molecule has 0 bridgehead atoms. The van der Waals surface area contributed by atoms with E-state index in [2.05, 4.69) is 26.2 Å². The Kier molecular flexibility index (Phi) is 3.51. The molecule has 0 radical (unpaired) electrons. The zero-order chi connectivity index (χ0) is 11.4. The summed E-state index contributed by atoms with van der Waals surface area (Å²) in [5, 5.41) is 4.48. The Hall–Kier alpha value is -1.42. The number of halogens is 1. The van der Waals surface area contributed by atoms with Gasteiger partial charge in [0, 0.05) is 17.1 Å². The predicted molar refractivity (Wildman–Crippen MR) is 68.8 cm³/mol. The Labute approximate surface area is 102 Å². The van der Waals surface area contributed by atoms with Gasteiger partial charge in [0.2, 0.25) is 5.91 Å². The van der Waals surface area contributed by atoms with E-state index in [4.69, 9.17) is 0 Å². The number of para-hydroxylation sites is 1. The number of fused-ring (bicyclic) bond motifs is 1. The molecule has 0 aliphatic heterocycles. The molecule has 0 atom stereocenters. The predicted octanol–water partition coefficient (Wildman–Crippen LogP) is 2.96. The standard InChI is InChI=1S/C12H11BrN2O/c13-8-7-12(16)15-11-6-5-9-3-1-2-4-10(9)14-11/h1-6H,7-8H2,(H,14,15,16). The van der Waals surface area contributed by atoms with Crippen molar-refractivity contribution in [1.29, 1.82) is 0 Å². The average molecular weight is 279 g/mol. The van der Waals surface area contributed by atoms with Gasteiger partial charge in [-0.3, -0.25) is 4.79 Å². The summed E-state index contributed by atoms with van der Waals surface area (Å²) in [5.74, 6) is 0.573. The number of aromatic nitrogens is 1. The number of nitrogens with one attached hydrogen (secondary N) is 1. The van der Waals surface area contributed by atoms with E-state index < -0.39 is 0 Å². The van der Waals surface area contributed by atoms with Gasteiger partial charge in [0.1, 0.15) is 5.82 Å². The Morgan fingerprint density at radius 1 is 1.25 bits per heavy atom. The zero-order valence-electron chi connectivity index (χ0n) is 8.61. The molecule has 1 N–H and O–H groups in total. The van der Waals surface area contributed by atoms with E-state index in [1.165, 1.54) is 0 Å². The van der Waals surface area contributed by atoms with Crippen LogP contribution < -0.4 is 5.32 Å². The van der Waals surface area contributed by atoms with E-state index in [9.17, 15) is 4.79 Å². The lowest BCUT2D eigenvalue weighted by Gasteiger charge is -2.04. The molecule has 0 saturated carbocycles. The Morgan fingerprint density at radius 3 is 2.88 bits per heavy atom. The van der Waals surface area contributed by atoms with Crippen molar-refractivity contribution in [2.45, 2.75) is 6.42 Å². The third kappa shape index (κ3) is 2.58. The molecule has 0 fully saturated rings. The van der Waals surface area contributed by atoms with Crippen molar-refractivity contribution in [2.24, 2.45) is 0 Å². The molecular formula is C12H11BrN2O. The molecule has 1 aromatic carbocycles. The molecule has 3 nitrogen and oxygen atoms in total. The molecular weight excluding hydrogens is 268 g/mol. The summed E-state index contributed by atoms with van der Waals surface area (Å²) in [4.78, 5) is 15.7. The van der Waals surface area contributed by atoms with Crippen molar-refractivity contribution < 1.29 is 4.79 Å². The number of pyridine rings is 1. The van der Waals surface area contributed by atoms with Crippen LogP contribution in [0.1, 0.15) is 6.42 Å². The number of alkyl halides is 1. The smallest absolute Gasteiger partial charge is 0.226 e. The molecule has 0 aliphatic carbocycles. The lowest BCUT2D eigenvalue weighted by Crippen LogP contribution is -2.12. The van der Waals surface area contributed by atoms with Gasteiger partial charge in [-0.05, 0) is 18.2 Å². The number of nitrogens with zero attached hydrogens (tertiary/aromatic N) is 1. The Bertz CT molecular complexity index is 513. The molecule has 0 spiro atoms. The van der Waals surface area contributed by atoms with E-state index in [-0.39, 0.29) is 5.91 Å². The highest BCUT2D eigenvalue weighted by atomic mass is 79.9. The summed E-state index contributed by atoms with van der Waals surface area (Å²) in [6.07, 6.45) is 0.453. The molecule has 2 rings (SSSR count). The van der Waals surface area contributed by atoms with Crippen LogP contribution in [0.4, 0.5) is 5.82 Å². The Balaban J connectivity index is 2.22. The lowest BCUT2D eigenvalue weighted by atomic mass is 10.2. The first-order chi connectivity index (χ1) is 7.79. The lowest BCUT2D eigenvalue weighted by molar-refractivity contribution is -0.115. The molecule has 0 unspecified atom stereocenters. The number of benzene rings is 1. The van der Waals surface area contributed by atoms with E-state index in [1.807, 2.05) is 36.4 Å². The van der Waals surface area contributed by atoms with Crippen molar-refractivity contribution in [3.8, 4) is 0 Å². The molecule has 0 aliphatic rings. The van der Waals surface area contributed by atoms with Crippen molar-refractivity contribution in [3.63, 3.8) is 0 Å². The molecule has 0 saturated heterocycles. The highest BCUT2D eigenvalue weighted by Crippen LogP contribution is 2.14. The molecule has 1 amide bonds. The van der Waals surface area contributed by atoms with Crippen LogP contribution >= 0.6 is 15.9 Å². The number of hydrogen-bond donors (Lipinski definition) is 1. The van der Waals surface area contributed by atoms with Crippen molar-refractivity contribution in [3.05, 3.63) is 36.4 Å². The molecule has 4 heteroatoms. The molecule has 1 aromatic heterocycles. The van der Waals surface area contributed by atoms with Gasteiger partial charge in [0.05, 0.1) is 5.52 Å². The number of hydrogen-bond acceptors (Lipinski definition) is 2. The summed E-state index contributed by atoms with van der Waals surface area (Å²) < 4.78 is 0. The van der Waals surface area contributed by atoms with Crippen LogP contribution in [0.15, 0.2) is 36.4 Å². The van der Waals surface area contributed by atoms with Gasteiger partial charge in [-0.1, -0.05) is 34.1 Å². The van der Waals surface area contributed by atoms with Crippen molar-refractivity contribution >= 4 is 38.6 Å². The fraction of sp³-hybridized carbons (Fsp3) is 0.167. The summed E-state index contributed by atoms with van der Waals surface area (Å²) in [6.45, 7) is 0. The quantitative estimate of drug-likeness (QED) is 0.878. The van der Waals surface area contributed by atoms with Crippen LogP contribution in [-0.2, 0) is 4.79 Å². The largest absolute Gasteiger partial charge is 0.311 e. The van der Waals surface area contributed by atoms with Gasteiger partial charge in [-0.15, -0.1) is 0 Å². The maximum absolute atomic E-state index is 11.4. The summed E-state index contributed by atoms with van der Waals surface area (Å²) in [5.41, 5.74) is 0.888. The normalized spacial score (nSPS) is 10.3. The van der Waals surface area contributed by atoms with Crippen LogP contribution in [-0.4, -0.2) is 16.2 Å². The van der Waals surface area contributed by atoms with Gasteiger partial charge in [0.15, 0.2) is 0 Å². The number of anilines is 1. The minimum atomic E-state index is -0.0281. The van der Waals surface area contributed by atoms with Crippen molar-refractivity contribution in [2.75, 3.05) is 10.6 Å². The topological polar surface area (TPSA) is 42.0 Å². The zero-order valence-corrected chi connectivity index (χ0v) is 10.2. The minimum absolute atomic E-state index is 0.0281. The maximum atomic E-state index is 11.4. The van der Waals surface area contributed by atoms with Crippen LogP contribution in [0.5, 0.6) is 0 Å². The molecule has 2 aromatic rings. The second-order valence-electron chi connectivity index (χ2n) is 3.38. The first-order valence-electron chi connectivity index (χ1n) is 5.01. The Morgan fingerprint density at radius 2 is 2.06 bits per heavy atom. The SMILES string of the molecule is O=C(CCBr)Nc1ccc2ccccc2n1. The van der Waals surface area contributed by atoms with Crippen LogP contribution in [0, 0.1) is 0 Å². The first kappa shape index (κ1) is 11.1. The molecule has 1 heterocycles. The minimum Gasteiger partial charge on any atom is -0.311 e. The summed E-state index contributed by atoms with van der Waals surface area (Å²) in [6, 6.07) is 11.6. The molecule has 16 heavy (non-hydrogen) atoms. The van der Waals surface area contributed by atoms with E-state index in [0.717, 1.165) is 10.9 Å². The second-order valence-corrected chi connectivity index (χ2v) is 4.17. The second kappa shape index (κ2) is 5.07. The van der Waals surface area contributed by atoms with Crippen LogP contribution in [0.2, 0.25) is 0 Å². The van der Waals surface area contributed by atoms with Crippen molar-refractivity contribution in [1.82, 2.24) is 4.98 Å². The fourth-order valence-corrected chi connectivity index (χ4v) is 1.79. The fourth-order valence-electron chi connectivity index (χ4n) is 1.43. The van der Waals surface area contributed by atoms with Gasteiger partial charge in [-0.25, -0.2) is 4.98 Å². The van der Waals surface area contributed by atoms with Gasteiger partial charge in [-0.2, -0.15) is 0 Å². The third-order valence-electron chi connectivity index (χ3n) is 2.19. The number of amides is 1. The number of carbonyl (C=O) groups excluding carboxylic acids is 1. The number of carbonyl (C=O) groups is 1. The monoisotopic (exact) mass is 278 g/mol. The molecule has 82 valence electrons. The maximum Gasteiger partial charge on any atom is 0.226 e. The highest BCUT2D eigenvalue weighted by Gasteiger charge is 2.02. The highest BCUT2D eigenvalue weighted by molar-refractivity contribution is 9.09. The number of rotatable bonds is 3. The van der Waals surface area contributed by atoms with Crippen LogP contribution in [0.25, 0.3) is 10.9 Å². The average Bonchev–Trinajstić information content (AvgIpc) is 2.29. The van der Waals surface area contributed by atoms with Gasteiger partial charge < -0.3 is 5.32 Å². The van der Waals surface area contributed by atoms with Gasteiger partial charge in [0.25, 0.3) is 0 Å². The van der Waals surface area contributed by atoms with Gasteiger partial charge >= 0.3 is 0 Å².